The van der Waals surface area contributed by atoms with E-state index in [1.807, 2.05) is 20.8 Å². The summed E-state index contributed by atoms with van der Waals surface area (Å²) in [6, 6.07) is 11.9. The molecule has 170 valence electrons. The third-order valence-electron chi connectivity index (χ3n) is 4.53. The van der Waals surface area contributed by atoms with Gasteiger partial charge in [-0.05, 0) is 49.2 Å². The second-order valence-corrected chi connectivity index (χ2v) is 10.6. The number of ether oxygens (including phenoxy) is 1. The molecule has 0 saturated carbocycles. The Morgan fingerprint density at radius 2 is 1.78 bits per heavy atom. The Balaban J connectivity index is 1.72. The maximum Gasteiger partial charge on any atom is 0.344 e. The molecule has 1 amide bonds. The number of carbonyl (C=O) groups is 1. The summed E-state index contributed by atoms with van der Waals surface area (Å²) in [5, 5.41) is 1.51. The van der Waals surface area contributed by atoms with E-state index in [0.29, 0.717) is 16.5 Å². The highest BCUT2D eigenvalue weighted by molar-refractivity contribution is 8.06. The van der Waals surface area contributed by atoms with Crippen LogP contribution in [0.3, 0.4) is 0 Å². The number of aryl methyl sites for hydroxylation is 1. The molecular formula is C23H25FN2O4S2. The first kappa shape index (κ1) is 23.9. The van der Waals surface area contributed by atoms with Gasteiger partial charge in [0.15, 0.2) is 0 Å². The van der Waals surface area contributed by atoms with Crippen LogP contribution in [-0.4, -0.2) is 30.1 Å². The van der Waals surface area contributed by atoms with E-state index < -0.39 is 15.1 Å². The molecule has 0 aliphatic rings. The minimum Gasteiger partial charge on any atom is -0.486 e. The van der Waals surface area contributed by atoms with Crippen LogP contribution in [0.25, 0.3) is 0 Å². The summed E-state index contributed by atoms with van der Waals surface area (Å²) < 4.78 is 44.4. The molecule has 9 heteroatoms. The van der Waals surface area contributed by atoms with E-state index in [0.717, 1.165) is 5.56 Å². The zero-order valence-corrected chi connectivity index (χ0v) is 19.7. The molecule has 0 fully saturated rings. The molecule has 0 radical (unpaired) electrons. The number of carbonyl (C=O) groups excluding carboxylic acids is 1. The fourth-order valence-electron chi connectivity index (χ4n) is 2.99. The molecule has 0 N–H and O–H groups in total. The molecule has 1 aromatic heterocycles. The molecule has 6 nitrogen and oxygen atoms in total. The van der Waals surface area contributed by atoms with E-state index in [1.165, 1.54) is 52.6 Å². The Bertz CT molecular complexity index is 1160. The third-order valence-corrected chi connectivity index (χ3v) is 7.01. The number of hydrogen-bond acceptors (Lipinski definition) is 6. The van der Waals surface area contributed by atoms with Crippen molar-refractivity contribution in [2.24, 2.45) is 5.92 Å². The van der Waals surface area contributed by atoms with Crippen molar-refractivity contribution in [3.63, 3.8) is 0 Å². The van der Waals surface area contributed by atoms with Crippen LogP contribution in [0.2, 0.25) is 0 Å². The van der Waals surface area contributed by atoms with E-state index in [-0.39, 0.29) is 36.3 Å². The molecule has 3 rings (SSSR count). The summed E-state index contributed by atoms with van der Waals surface area (Å²) in [5.41, 5.74) is 1.49. The van der Waals surface area contributed by atoms with Gasteiger partial charge in [0.25, 0.3) is 9.84 Å². The van der Waals surface area contributed by atoms with Crippen LogP contribution in [0.1, 0.15) is 30.1 Å². The van der Waals surface area contributed by atoms with E-state index >= 15 is 0 Å². The van der Waals surface area contributed by atoms with Gasteiger partial charge < -0.3 is 9.64 Å². The quantitative estimate of drug-likeness (QED) is 0.445. The highest BCUT2D eigenvalue weighted by Gasteiger charge is 2.31. The predicted octanol–water partition coefficient (Wildman–Crippen LogP) is 5.22. The number of sulfone groups is 1. The fraction of sp³-hybridized carbons (Fsp3) is 0.304. The summed E-state index contributed by atoms with van der Waals surface area (Å²) in [6.07, 6.45) is 0. The monoisotopic (exact) mass is 476 g/mol. The van der Waals surface area contributed by atoms with Crippen molar-refractivity contribution >= 4 is 26.4 Å². The lowest BCUT2D eigenvalue weighted by atomic mass is 10.2. The molecule has 2 aromatic carbocycles. The van der Waals surface area contributed by atoms with Gasteiger partial charge in [0, 0.05) is 11.9 Å². The van der Waals surface area contributed by atoms with Crippen LogP contribution < -0.4 is 4.74 Å². The first-order valence-corrected chi connectivity index (χ1v) is 12.4. The summed E-state index contributed by atoms with van der Waals surface area (Å²) in [6.45, 7) is 6.24. The molecule has 0 atom stereocenters. The molecule has 1 heterocycles. The molecule has 3 aromatic rings. The van der Waals surface area contributed by atoms with Crippen LogP contribution in [0.5, 0.6) is 5.75 Å². The van der Waals surface area contributed by atoms with Crippen LogP contribution in [0, 0.1) is 18.7 Å². The number of nitrogens with zero attached hydrogens (tertiary/aromatic N) is 2. The van der Waals surface area contributed by atoms with Gasteiger partial charge in [-0.15, -0.1) is 11.3 Å². The minimum absolute atomic E-state index is 0.0199. The first-order chi connectivity index (χ1) is 15.1. The number of hydrogen-bond donors (Lipinski definition) is 0. The van der Waals surface area contributed by atoms with Crippen LogP contribution >= 0.6 is 11.3 Å². The predicted molar refractivity (Wildman–Crippen MR) is 122 cm³/mol. The lowest BCUT2D eigenvalue weighted by Gasteiger charge is -2.23. The number of benzene rings is 2. The smallest absolute Gasteiger partial charge is 0.344 e. The van der Waals surface area contributed by atoms with Gasteiger partial charge in [-0.2, -0.15) is 0 Å². The average molecular weight is 477 g/mol. The van der Waals surface area contributed by atoms with Crippen LogP contribution in [0.4, 0.5) is 9.18 Å². The summed E-state index contributed by atoms with van der Waals surface area (Å²) in [4.78, 5) is 18.8. The van der Waals surface area contributed by atoms with Gasteiger partial charge in [-0.1, -0.05) is 31.5 Å². The standard InChI is InChI=1S/C23H25FN2O4S2/c1-16(2)12-26(23(27)32(28,29)21-10-4-17(3)5-11-21)13-19-15-31-22(25-19)14-30-20-8-6-18(24)7-9-20/h4-11,15-16H,12-14H2,1-3H3. The van der Waals surface area contributed by atoms with Crippen molar-refractivity contribution in [2.75, 3.05) is 6.54 Å². The maximum absolute atomic E-state index is 13.0. The van der Waals surface area contributed by atoms with E-state index in [4.69, 9.17) is 4.74 Å². The summed E-state index contributed by atoms with van der Waals surface area (Å²) in [7, 11) is -4.16. The molecule has 0 unspecified atom stereocenters. The van der Waals surface area contributed by atoms with E-state index in [2.05, 4.69) is 4.98 Å². The van der Waals surface area contributed by atoms with Crippen molar-refractivity contribution in [3.8, 4) is 5.75 Å². The van der Waals surface area contributed by atoms with Gasteiger partial charge in [-0.3, -0.25) is 4.79 Å². The number of thiazole rings is 1. The van der Waals surface area contributed by atoms with Gasteiger partial charge in [0.1, 0.15) is 23.2 Å². The largest absolute Gasteiger partial charge is 0.486 e. The molecule has 0 aliphatic heterocycles. The molecular weight excluding hydrogens is 451 g/mol. The van der Waals surface area contributed by atoms with E-state index in [1.54, 1.807) is 17.5 Å². The molecule has 0 aliphatic carbocycles. The van der Waals surface area contributed by atoms with Crippen molar-refractivity contribution in [3.05, 3.63) is 76.0 Å². The topological polar surface area (TPSA) is 76.6 Å². The van der Waals surface area contributed by atoms with Crippen molar-refractivity contribution < 1.29 is 22.3 Å². The van der Waals surface area contributed by atoms with Gasteiger partial charge in [0.2, 0.25) is 0 Å². The van der Waals surface area contributed by atoms with Crippen LogP contribution in [0.15, 0.2) is 58.8 Å². The first-order valence-electron chi connectivity index (χ1n) is 10.1. The maximum atomic E-state index is 13.0. The van der Waals surface area contributed by atoms with E-state index in [9.17, 15) is 17.6 Å². The highest BCUT2D eigenvalue weighted by Crippen LogP contribution is 2.21. The Morgan fingerprint density at radius 3 is 2.41 bits per heavy atom. The number of aromatic nitrogens is 1. The third kappa shape index (κ3) is 6.14. The zero-order chi connectivity index (χ0) is 23.3. The Hall–Kier alpha value is -2.78. The fourth-order valence-corrected chi connectivity index (χ4v) is 4.86. The normalized spacial score (nSPS) is 11.5. The lowest BCUT2D eigenvalue weighted by Crippen LogP contribution is -2.37. The zero-order valence-electron chi connectivity index (χ0n) is 18.1. The Kier molecular flexibility index (Phi) is 7.63. The molecule has 0 spiro atoms. The second-order valence-electron chi connectivity index (χ2n) is 7.83. The number of rotatable bonds is 8. The highest BCUT2D eigenvalue weighted by atomic mass is 32.2. The molecule has 0 bridgehead atoms. The summed E-state index contributed by atoms with van der Waals surface area (Å²) >= 11 is 1.35. The minimum atomic E-state index is -4.16. The van der Waals surface area contributed by atoms with Crippen molar-refractivity contribution in [1.29, 1.82) is 0 Å². The van der Waals surface area contributed by atoms with Gasteiger partial charge in [0.05, 0.1) is 17.1 Å². The van der Waals surface area contributed by atoms with Crippen molar-refractivity contribution in [1.82, 2.24) is 9.88 Å². The second kappa shape index (κ2) is 10.2. The molecule has 0 saturated heterocycles. The molecule has 32 heavy (non-hydrogen) atoms. The van der Waals surface area contributed by atoms with Crippen LogP contribution in [-0.2, 0) is 23.0 Å². The summed E-state index contributed by atoms with van der Waals surface area (Å²) in [5.74, 6) is 0.250. The number of amides is 1. The lowest BCUT2D eigenvalue weighted by molar-refractivity contribution is 0.209. The van der Waals surface area contributed by atoms with Crippen molar-refractivity contribution in [2.45, 2.75) is 38.8 Å². The SMILES string of the molecule is Cc1ccc(S(=O)(=O)C(=O)N(Cc2csc(COc3ccc(F)cc3)n2)CC(C)C)cc1. The Labute approximate surface area is 191 Å². The number of halogens is 1. The average Bonchev–Trinajstić information content (AvgIpc) is 3.19. The van der Waals surface area contributed by atoms with Gasteiger partial charge >= 0.3 is 5.24 Å². The Morgan fingerprint density at radius 1 is 1.12 bits per heavy atom. The van der Waals surface area contributed by atoms with Gasteiger partial charge in [-0.25, -0.2) is 17.8 Å².